The zero-order chi connectivity index (χ0) is 10.4. The molecule has 0 amide bonds. The Morgan fingerprint density at radius 2 is 2.21 bits per heavy atom. The first-order valence-electron chi connectivity index (χ1n) is 4.09. The Hall–Kier alpha value is -1.97. The Labute approximate surface area is 82.4 Å². The van der Waals surface area contributed by atoms with Crippen LogP contribution in [0.3, 0.4) is 0 Å². The fourth-order valence-corrected chi connectivity index (χ4v) is 0.896. The molecule has 0 radical (unpaired) electrons. The largest absolute Gasteiger partial charge is 0.466 e. The topological polar surface area (TPSA) is 64.3 Å². The van der Waals surface area contributed by atoms with Crippen molar-refractivity contribution in [2.24, 2.45) is 0 Å². The molecule has 0 saturated carbocycles. The number of carbonyl (C=O) groups excluding carboxylic acids is 1. The van der Waals surface area contributed by atoms with Crippen molar-refractivity contribution in [3.63, 3.8) is 0 Å². The van der Waals surface area contributed by atoms with Gasteiger partial charge in [-0.15, -0.1) is 0 Å². The number of esters is 1. The summed E-state index contributed by atoms with van der Waals surface area (Å²) in [6, 6.07) is 7.28. The van der Waals surface area contributed by atoms with Crippen molar-refractivity contribution in [3.05, 3.63) is 36.5 Å². The van der Waals surface area contributed by atoms with Gasteiger partial charge in [0.15, 0.2) is 0 Å². The molecule has 4 nitrogen and oxygen atoms in total. The van der Waals surface area contributed by atoms with Gasteiger partial charge in [-0.25, -0.2) is 4.79 Å². The highest BCUT2D eigenvalue weighted by atomic mass is 16.5. The van der Waals surface area contributed by atoms with Gasteiger partial charge in [0.1, 0.15) is 0 Å². The van der Waals surface area contributed by atoms with Crippen molar-refractivity contribution in [2.75, 3.05) is 18.2 Å². The minimum Gasteiger partial charge on any atom is -0.466 e. The molecule has 0 saturated heterocycles. The molecule has 1 rings (SSSR count). The second-order valence-corrected chi connectivity index (χ2v) is 2.59. The lowest BCUT2D eigenvalue weighted by atomic mass is 10.3. The molecule has 0 unspecified atom stereocenters. The van der Waals surface area contributed by atoms with Gasteiger partial charge < -0.3 is 15.8 Å². The van der Waals surface area contributed by atoms with Gasteiger partial charge in [-0.2, -0.15) is 0 Å². The quantitative estimate of drug-likeness (QED) is 0.431. The van der Waals surface area contributed by atoms with Crippen LogP contribution in [0, 0.1) is 0 Å². The van der Waals surface area contributed by atoms with Crippen LogP contribution >= 0.6 is 0 Å². The number of para-hydroxylation sites is 2. The van der Waals surface area contributed by atoms with E-state index >= 15 is 0 Å². The smallest absolute Gasteiger partial charge is 0.331 e. The van der Waals surface area contributed by atoms with Crippen LogP contribution in [0.1, 0.15) is 0 Å². The number of hydrogen-bond acceptors (Lipinski definition) is 4. The van der Waals surface area contributed by atoms with Crippen molar-refractivity contribution in [1.29, 1.82) is 0 Å². The molecule has 3 N–H and O–H groups in total. The van der Waals surface area contributed by atoms with Gasteiger partial charge in [0.25, 0.3) is 0 Å². The number of anilines is 2. The maximum Gasteiger partial charge on any atom is 0.331 e. The van der Waals surface area contributed by atoms with Crippen molar-refractivity contribution >= 4 is 17.3 Å². The molecular weight excluding hydrogens is 180 g/mol. The lowest BCUT2D eigenvalue weighted by Crippen LogP contribution is -1.98. The van der Waals surface area contributed by atoms with Crippen LogP contribution in [0.5, 0.6) is 0 Å². The second-order valence-electron chi connectivity index (χ2n) is 2.59. The van der Waals surface area contributed by atoms with Gasteiger partial charge in [0.2, 0.25) is 0 Å². The highest BCUT2D eigenvalue weighted by Gasteiger charge is 1.94. The zero-order valence-electron chi connectivity index (χ0n) is 7.86. The summed E-state index contributed by atoms with van der Waals surface area (Å²) in [7, 11) is 1.32. The monoisotopic (exact) mass is 192 g/mol. The molecule has 1 aromatic carbocycles. The van der Waals surface area contributed by atoms with Crippen molar-refractivity contribution in [1.82, 2.24) is 0 Å². The number of methoxy groups -OCH3 is 1. The van der Waals surface area contributed by atoms with Crippen molar-refractivity contribution < 1.29 is 9.53 Å². The molecule has 0 aromatic heterocycles. The normalized spacial score (nSPS) is 10.1. The zero-order valence-corrected chi connectivity index (χ0v) is 7.86. The van der Waals surface area contributed by atoms with E-state index in [0.717, 1.165) is 5.69 Å². The molecule has 0 fully saturated rings. The van der Waals surface area contributed by atoms with E-state index in [9.17, 15) is 4.79 Å². The molecule has 1 aromatic rings. The molecule has 0 atom stereocenters. The Kier molecular flexibility index (Phi) is 3.55. The van der Waals surface area contributed by atoms with Gasteiger partial charge in [-0.05, 0) is 12.1 Å². The highest BCUT2D eigenvalue weighted by molar-refractivity contribution is 5.82. The van der Waals surface area contributed by atoms with Gasteiger partial charge in [0.05, 0.1) is 18.5 Å². The summed E-state index contributed by atoms with van der Waals surface area (Å²) in [5.74, 6) is -0.410. The maximum atomic E-state index is 10.7. The third-order valence-electron chi connectivity index (χ3n) is 1.62. The summed E-state index contributed by atoms with van der Waals surface area (Å²) in [5.41, 5.74) is 7.04. The number of carbonyl (C=O) groups is 1. The number of rotatable bonds is 3. The number of nitrogens with one attached hydrogen (secondary N) is 1. The summed E-state index contributed by atoms with van der Waals surface area (Å²) in [4.78, 5) is 10.7. The summed E-state index contributed by atoms with van der Waals surface area (Å²) in [6.45, 7) is 0. The van der Waals surface area contributed by atoms with Crippen LogP contribution < -0.4 is 11.1 Å². The standard InChI is InChI=1S/C10H12N2O2/c1-14-10(13)6-7-12-9-5-3-2-4-8(9)11/h2-7,12H,11H2,1H3. The fourth-order valence-electron chi connectivity index (χ4n) is 0.896. The first kappa shape index (κ1) is 10.1. The lowest BCUT2D eigenvalue weighted by Gasteiger charge is -2.03. The minimum absolute atomic E-state index is 0.410. The Balaban J connectivity index is 2.58. The molecular formula is C10H12N2O2. The van der Waals surface area contributed by atoms with E-state index in [1.165, 1.54) is 19.4 Å². The number of benzene rings is 1. The van der Waals surface area contributed by atoms with Gasteiger partial charge >= 0.3 is 5.97 Å². The number of nitrogen functional groups attached to an aromatic ring is 1. The molecule has 0 bridgehead atoms. The average molecular weight is 192 g/mol. The minimum atomic E-state index is -0.410. The molecule has 0 aliphatic rings. The van der Waals surface area contributed by atoms with Gasteiger partial charge in [-0.1, -0.05) is 12.1 Å². The van der Waals surface area contributed by atoms with E-state index in [2.05, 4.69) is 10.1 Å². The molecule has 14 heavy (non-hydrogen) atoms. The Morgan fingerprint density at radius 3 is 2.86 bits per heavy atom. The SMILES string of the molecule is COC(=O)C=CNc1ccccc1N. The van der Waals surface area contributed by atoms with Crippen LogP contribution in [0.2, 0.25) is 0 Å². The molecule has 4 heteroatoms. The Morgan fingerprint density at radius 1 is 1.50 bits per heavy atom. The van der Waals surface area contributed by atoms with Gasteiger partial charge in [-0.3, -0.25) is 0 Å². The van der Waals surface area contributed by atoms with Crippen molar-refractivity contribution in [3.8, 4) is 0 Å². The van der Waals surface area contributed by atoms with E-state index in [-0.39, 0.29) is 0 Å². The van der Waals surface area contributed by atoms with E-state index in [0.29, 0.717) is 5.69 Å². The lowest BCUT2D eigenvalue weighted by molar-refractivity contribution is -0.134. The predicted octanol–water partition coefficient (Wildman–Crippen LogP) is 1.37. The summed E-state index contributed by atoms with van der Waals surface area (Å²) in [5, 5.41) is 2.87. The number of hydrogen-bond donors (Lipinski definition) is 2. The van der Waals surface area contributed by atoms with E-state index < -0.39 is 5.97 Å². The first-order valence-corrected chi connectivity index (χ1v) is 4.09. The average Bonchev–Trinajstić information content (AvgIpc) is 2.20. The second kappa shape index (κ2) is 4.91. The van der Waals surface area contributed by atoms with E-state index in [1.807, 2.05) is 18.2 Å². The van der Waals surface area contributed by atoms with Crippen LogP contribution in [-0.2, 0) is 9.53 Å². The van der Waals surface area contributed by atoms with Gasteiger partial charge in [0, 0.05) is 12.3 Å². The highest BCUT2D eigenvalue weighted by Crippen LogP contribution is 2.16. The molecule has 0 aliphatic carbocycles. The first-order chi connectivity index (χ1) is 6.74. The molecule has 0 heterocycles. The van der Waals surface area contributed by atoms with E-state index in [1.54, 1.807) is 6.07 Å². The third-order valence-corrected chi connectivity index (χ3v) is 1.62. The van der Waals surface area contributed by atoms with Crippen LogP contribution in [-0.4, -0.2) is 13.1 Å². The van der Waals surface area contributed by atoms with Crippen molar-refractivity contribution in [2.45, 2.75) is 0 Å². The summed E-state index contributed by atoms with van der Waals surface area (Å²) >= 11 is 0. The van der Waals surface area contributed by atoms with Crippen LogP contribution in [0.4, 0.5) is 11.4 Å². The van der Waals surface area contributed by atoms with Crippen LogP contribution in [0.15, 0.2) is 36.5 Å². The summed E-state index contributed by atoms with van der Waals surface area (Å²) in [6.07, 6.45) is 2.77. The molecule has 0 spiro atoms. The Bertz CT molecular complexity index is 348. The molecule has 0 aliphatic heterocycles. The van der Waals surface area contributed by atoms with Crippen LogP contribution in [0.25, 0.3) is 0 Å². The fraction of sp³-hybridized carbons (Fsp3) is 0.100. The predicted molar refractivity (Wildman–Crippen MR) is 55.6 cm³/mol. The van der Waals surface area contributed by atoms with E-state index in [4.69, 9.17) is 5.73 Å². The third kappa shape index (κ3) is 2.82. The maximum absolute atomic E-state index is 10.7. The molecule has 74 valence electrons. The number of ether oxygens (including phenoxy) is 1. The number of nitrogens with two attached hydrogens (primary N) is 1. The summed E-state index contributed by atoms with van der Waals surface area (Å²) < 4.78 is 4.42.